The number of carbonyl (C=O) groups excluding carboxylic acids is 1. The maximum absolute atomic E-state index is 11.9. The highest BCUT2D eigenvalue weighted by Crippen LogP contribution is 2.27. The zero-order valence-electron chi connectivity index (χ0n) is 14.2. The van der Waals surface area contributed by atoms with Crippen molar-refractivity contribution in [1.29, 1.82) is 0 Å². The first-order chi connectivity index (χ1) is 12.7. The Morgan fingerprint density at radius 3 is 2.85 bits per heavy atom. The summed E-state index contributed by atoms with van der Waals surface area (Å²) in [4.78, 5) is 28.9. The van der Waals surface area contributed by atoms with Crippen LogP contribution in [0.15, 0.2) is 36.8 Å². The number of anilines is 4. The van der Waals surface area contributed by atoms with Crippen molar-refractivity contribution in [2.45, 2.75) is 19.3 Å². The van der Waals surface area contributed by atoms with Gasteiger partial charge < -0.3 is 15.1 Å². The molecule has 7 nitrogen and oxygen atoms in total. The first-order valence-electron chi connectivity index (χ1n) is 8.65. The van der Waals surface area contributed by atoms with Crippen LogP contribution in [0.4, 0.5) is 23.1 Å². The number of pyridine rings is 1. The molecule has 1 amide bonds. The number of aromatic nitrogens is 3. The molecule has 134 valence electrons. The Morgan fingerprint density at radius 1 is 1.15 bits per heavy atom. The van der Waals surface area contributed by atoms with Crippen LogP contribution in [0.2, 0.25) is 5.02 Å². The van der Waals surface area contributed by atoms with E-state index in [4.69, 9.17) is 11.6 Å². The minimum Gasteiger partial charge on any atom is -0.351 e. The second kappa shape index (κ2) is 7.29. The van der Waals surface area contributed by atoms with Gasteiger partial charge in [0.2, 0.25) is 11.9 Å². The lowest BCUT2D eigenvalue weighted by molar-refractivity contribution is -0.117. The van der Waals surface area contributed by atoms with Crippen LogP contribution >= 0.6 is 11.6 Å². The average molecular weight is 371 g/mol. The molecule has 1 N–H and O–H groups in total. The normalized spacial score (nSPS) is 17.0. The van der Waals surface area contributed by atoms with E-state index in [1.807, 2.05) is 6.07 Å². The van der Waals surface area contributed by atoms with Gasteiger partial charge in [-0.25, -0.2) is 4.98 Å². The molecule has 2 aromatic rings. The molecular formula is C18H19ClN6O. The Kier molecular flexibility index (Phi) is 4.71. The Morgan fingerprint density at radius 2 is 2.08 bits per heavy atom. The Balaban J connectivity index is 1.56. The van der Waals surface area contributed by atoms with E-state index in [1.54, 1.807) is 23.5 Å². The maximum atomic E-state index is 11.9. The summed E-state index contributed by atoms with van der Waals surface area (Å²) in [7, 11) is 0. The zero-order chi connectivity index (χ0) is 17.9. The summed E-state index contributed by atoms with van der Waals surface area (Å²) in [6.07, 6.45) is 11.7. The summed E-state index contributed by atoms with van der Waals surface area (Å²) < 4.78 is 0. The molecule has 8 heteroatoms. The molecule has 0 unspecified atom stereocenters. The topological polar surface area (TPSA) is 74.2 Å². The van der Waals surface area contributed by atoms with Gasteiger partial charge in [-0.1, -0.05) is 23.8 Å². The van der Waals surface area contributed by atoms with Crippen LogP contribution < -0.4 is 15.1 Å². The second-order valence-corrected chi connectivity index (χ2v) is 6.68. The molecular weight excluding hydrogens is 352 g/mol. The van der Waals surface area contributed by atoms with Gasteiger partial charge in [-0.2, -0.15) is 4.98 Å². The Bertz CT molecular complexity index is 855. The van der Waals surface area contributed by atoms with Crippen LogP contribution in [-0.4, -0.2) is 40.5 Å². The summed E-state index contributed by atoms with van der Waals surface area (Å²) in [6, 6.07) is 1.89. The standard InChI is InChI=1S/C18H19ClN6O/c19-15-12-21-18(23-17(15)24-6-2-1-3-7-24)22-13-9-14(11-20-10-13)25-8-4-5-16(25)26/h1-2,9-12H,3-8H2,(H,21,22,23). The molecule has 0 spiro atoms. The molecule has 2 aliphatic rings. The van der Waals surface area contributed by atoms with Crippen molar-refractivity contribution in [1.82, 2.24) is 15.0 Å². The number of carbonyl (C=O) groups is 1. The quantitative estimate of drug-likeness (QED) is 0.833. The molecule has 2 aliphatic heterocycles. The summed E-state index contributed by atoms with van der Waals surface area (Å²) >= 11 is 6.28. The van der Waals surface area contributed by atoms with E-state index >= 15 is 0 Å². The first-order valence-corrected chi connectivity index (χ1v) is 9.03. The molecule has 0 radical (unpaired) electrons. The van der Waals surface area contributed by atoms with Gasteiger partial charge in [0.25, 0.3) is 0 Å². The van der Waals surface area contributed by atoms with E-state index in [9.17, 15) is 4.79 Å². The number of hydrogen-bond donors (Lipinski definition) is 1. The smallest absolute Gasteiger partial charge is 0.229 e. The molecule has 0 aliphatic carbocycles. The lowest BCUT2D eigenvalue weighted by Crippen LogP contribution is -2.28. The van der Waals surface area contributed by atoms with E-state index in [0.29, 0.717) is 23.2 Å². The van der Waals surface area contributed by atoms with E-state index in [0.717, 1.165) is 43.9 Å². The number of nitrogens with zero attached hydrogens (tertiary/aromatic N) is 5. The highest BCUT2D eigenvalue weighted by molar-refractivity contribution is 6.32. The Labute approximate surface area is 156 Å². The third-order valence-electron chi connectivity index (χ3n) is 4.45. The van der Waals surface area contributed by atoms with Crippen molar-refractivity contribution < 1.29 is 4.79 Å². The SMILES string of the molecule is O=C1CCCN1c1cncc(Nc2ncc(Cl)c(N3CC=CCC3)n2)c1. The van der Waals surface area contributed by atoms with E-state index in [1.165, 1.54) is 0 Å². The first kappa shape index (κ1) is 16.8. The molecule has 2 aromatic heterocycles. The van der Waals surface area contributed by atoms with Crippen LogP contribution in [0.1, 0.15) is 19.3 Å². The minimum atomic E-state index is 0.132. The highest BCUT2D eigenvalue weighted by Gasteiger charge is 2.22. The third-order valence-corrected chi connectivity index (χ3v) is 4.71. The van der Waals surface area contributed by atoms with Crippen molar-refractivity contribution in [3.63, 3.8) is 0 Å². The van der Waals surface area contributed by atoms with Gasteiger partial charge in [0.1, 0.15) is 5.02 Å². The van der Waals surface area contributed by atoms with E-state index in [2.05, 4.69) is 37.3 Å². The van der Waals surface area contributed by atoms with Crippen LogP contribution in [-0.2, 0) is 4.79 Å². The van der Waals surface area contributed by atoms with Gasteiger partial charge in [-0.15, -0.1) is 0 Å². The van der Waals surface area contributed by atoms with Crippen LogP contribution in [0.25, 0.3) is 0 Å². The molecule has 4 heterocycles. The van der Waals surface area contributed by atoms with E-state index in [-0.39, 0.29) is 5.91 Å². The molecule has 1 fully saturated rings. The summed E-state index contributed by atoms with van der Waals surface area (Å²) in [6.45, 7) is 2.39. The predicted molar refractivity (Wildman–Crippen MR) is 102 cm³/mol. The fourth-order valence-corrected chi connectivity index (χ4v) is 3.38. The predicted octanol–water partition coefficient (Wildman–Crippen LogP) is 3.16. The number of halogens is 1. The summed E-state index contributed by atoms with van der Waals surface area (Å²) in [5, 5.41) is 3.69. The maximum Gasteiger partial charge on any atom is 0.229 e. The fourth-order valence-electron chi connectivity index (χ4n) is 3.17. The third kappa shape index (κ3) is 3.48. The number of rotatable bonds is 4. The zero-order valence-corrected chi connectivity index (χ0v) is 15.0. The lowest BCUT2D eigenvalue weighted by atomic mass is 10.2. The number of nitrogens with one attached hydrogen (secondary N) is 1. The van der Waals surface area contributed by atoms with Gasteiger partial charge in [-0.3, -0.25) is 9.78 Å². The van der Waals surface area contributed by atoms with Crippen molar-refractivity contribution in [2.24, 2.45) is 0 Å². The molecule has 0 saturated carbocycles. The molecule has 0 bridgehead atoms. The number of hydrogen-bond acceptors (Lipinski definition) is 6. The van der Waals surface area contributed by atoms with Crippen molar-refractivity contribution >= 4 is 40.6 Å². The van der Waals surface area contributed by atoms with Gasteiger partial charge in [0.05, 0.1) is 30.0 Å². The van der Waals surface area contributed by atoms with E-state index < -0.39 is 0 Å². The fraction of sp³-hybridized carbons (Fsp3) is 0.333. The van der Waals surface area contributed by atoms with Crippen molar-refractivity contribution in [2.75, 3.05) is 34.8 Å². The molecule has 4 rings (SSSR count). The molecule has 26 heavy (non-hydrogen) atoms. The molecule has 0 atom stereocenters. The largest absolute Gasteiger partial charge is 0.351 e. The average Bonchev–Trinajstić information content (AvgIpc) is 3.10. The minimum absolute atomic E-state index is 0.132. The Hall–Kier alpha value is -2.67. The van der Waals surface area contributed by atoms with Crippen molar-refractivity contribution in [3.8, 4) is 0 Å². The van der Waals surface area contributed by atoms with Crippen LogP contribution in [0.5, 0.6) is 0 Å². The molecule has 1 saturated heterocycles. The molecule has 0 aromatic carbocycles. The summed E-state index contributed by atoms with van der Waals surface area (Å²) in [5.74, 6) is 1.30. The lowest BCUT2D eigenvalue weighted by Gasteiger charge is -2.25. The van der Waals surface area contributed by atoms with Crippen LogP contribution in [0.3, 0.4) is 0 Å². The van der Waals surface area contributed by atoms with Crippen LogP contribution in [0, 0.1) is 0 Å². The monoisotopic (exact) mass is 370 g/mol. The van der Waals surface area contributed by atoms with Crippen molar-refractivity contribution in [3.05, 3.63) is 41.8 Å². The van der Waals surface area contributed by atoms with Gasteiger partial charge >= 0.3 is 0 Å². The highest BCUT2D eigenvalue weighted by atomic mass is 35.5. The second-order valence-electron chi connectivity index (χ2n) is 6.28. The van der Waals surface area contributed by atoms with Gasteiger partial charge in [-0.05, 0) is 18.9 Å². The summed E-state index contributed by atoms with van der Waals surface area (Å²) in [5.41, 5.74) is 1.52. The van der Waals surface area contributed by atoms with Gasteiger partial charge in [0.15, 0.2) is 5.82 Å². The number of amides is 1. The van der Waals surface area contributed by atoms with Gasteiger partial charge in [0, 0.05) is 26.1 Å².